The van der Waals surface area contributed by atoms with Gasteiger partial charge in [-0.05, 0) is 199 Å². The van der Waals surface area contributed by atoms with E-state index in [4.69, 9.17) is 8.83 Å². The van der Waals surface area contributed by atoms with Gasteiger partial charge in [0, 0.05) is 44.3 Å². The van der Waals surface area contributed by atoms with Crippen molar-refractivity contribution in [3.8, 4) is 22.3 Å². The van der Waals surface area contributed by atoms with Crippen LogP contribution in [0.5, 0.6) is 0 Å². The molecule has 1 spiro atoms. The normalized spacial score (nSPS) is 13.1. The highest BCUT2D eigenvalue weighted by Gasteiger charge is 2.54. The van der Waals surface area contributed by atoms with Crippen molar-refractivity contribution in [2.24, 2.45) is 0 Å². The highest BCUT2D eigenvalue weighted by atomic mass is 16.3. The van der Waals surface area contributed by atoms with Gasteiger partial charge in [-0.15, -0.1) is 0 Å². The second kappa shape index (κ2) is 17.7. The Morgan fingerprint density at radius 3 is 1.16 bits per heavy atom. The zero-order valence-electron chi connectivity index (χ0n) is 46.3. The van der Waals surface area contributed by atoms with Crippen molar-refractivity contribution in [2.45, 2.75) is 58.8 Å². The molecular formula is C77H58N2O2. The lowest BCUT2D eigenvalue weighted by molar-refractivity contribution is 0.668. The number of rotatable bonds is 8. The summed E-state index contributed by atoms with van der Waals surface area (Å²) in [6.07, 6.45) is 0. The average molecular weight is 1040 g/mol. The van der Waals surface area contributed by atoms with E-state index in [2.05, 4.69) is 282 Å². The largest absolute Gasteiger partial charge is 0.454 e. The van der Waals surface area contributed by atoms with E-state index in [1.807, 2.05) is 0 Å². The number of para-hydroxylation sites is 4. The number of hydrogen-bond donors (Lipinski definition) is 0. The minimum absolute atomic E-state index is 0.221. The maximum absolute atomic E-state index is 6.82. The molecule has 0 radical (unpaired) electrons. The van der Waals surface area contributed by atoms with Gasteiger partial charge in [0.05, 0.1) is 16.8 Å². The molecule has 388 valence electrons. The van der Waals surface area contributed by atoms with Crippen LogP contribution < -0.4 is 9.80 Å². The molecule has 81 heavy (non-hydrogen) atoms. The minimum Gasteiger partial charge on any atom is -0.454 e. The van der Waals surface area contributed by atoms with Crippen LogP contribution in [-0.4, -0.2) is 0 Å². The van der Waals surface area contributed by atoms with Crippen molar-refractivity contribution in [3.05, 3.63) is 275 Å². The topological polar surface area (TPSA) is 32.8 Å². The molecule has 2 aromatic heterocycles. The van der Waals surface area contributed by atoms with E-state index in [0.29, 0.717) is 0 Å². The lowest BCUT2D eigenvalue weighted by atomic mass is 9.67. The summed E-state index contributed by atoms with van der Waals surface area (Å²) < 4.78 is 13.6. The summed E-state index contributed by atoms with van der Waals surface area (Å²) in [5.41, 5.74) is 24.8. The monoisotopic (exact) mass is 1040 g/mol. The second-order valence-corrected chi connectivity index (χ2v) is 23.2. The fraction of sp³-hybridized carbons (Fsp3) is 0.117. The van der Waals surface area contributed by atoms with Crippen LogP contribution in [0.3, 0.4) is 0 Å². The van der Waals surface area contributed by atoms with Gasteiger partial charge in [-0.3, -0.25) is 0 Å². The zero-order valence-corrected chi connectivity index (χ0v) is 46.3. The van der Waals surface area contributed by atoms with E-state index >= 15 is 0 Å². The Balaban J connectivity index is 0.985. The number of furan rings is 2. The number of hydrogen-bond acceptors (Lipinski definition) is 4. The second-order valence-electron chi connectivity index (χ2n) is 23.2. The molecule has 0 saturated heterocycles. The number of fused-ring (bicyclic) bond motifs is 20. The van der Waals surface area contributed by atoms with Crippen molar-refractivity contribution in [1.82, 2.24) is 0 Å². The van der Waals surface area contributed by atoms with Gasteiger partial charge >= 0.3 is 0 Å². The smallest absolute Gasteiger partial charge is 0.159 e. The third-order valence-electron chi connectivity index (χ3n) is 17.8. The summed E-state index contributed by atoms with van der Waals surface area (Å²) >= 11 is 0. The van der Waals surface area contributed by atoms with Gasteiger partial charge < -0.3 is 18.6 Å². The van der Waals surface area contributed by atoms with E-state index < -0.39 is 5.41 Å². The van der Waals surface area contributed by atoms with E-state index in [0.717, 1.165) is 78.0 Å². The SMILES string of the molecule is Cc1cccc(N(c2ccc3c4c(cc(C(C)C)c3c2)-c2cc(C(C)C)c3cc(N(c5cccc(C)c5)c5cccc6c5oc5ccccc56)ccc3c2C42c3ccccc3-c3ccccc32)c2cccc3c2oc2ccccc23)c1. The molecule has 2 aliphatic carbocycles. The fourth-order valence-corrected chi connectivity index (χ4v) is 14.4. The van der Waals surface area contributed by atoms with Gasteiger partial charge in [-0.25, -0.2) is 0 Å². The zero-order chi connectivity index (χ0) is 54.4. The summed E-state index contributed by atoms with van der Waals surface area (Å²) in [6.45, 7) is 13.8. The number of aryl methyl sites for hydroxylation is 2. The Labute approximate surface area is 471 Å². The predicted octanol–water partition coefficient (Wildman–Crippen LogP) is 21.9. The van der Waals surface area contributed by atoms with Crippen LogP contribution in [0.4, 0.5) is 34.1 Å². The quantitative estimate of drug-likeness (QED) is 0.152. The Bertz CT molecular complexity index is 4640. The Hall–Kier alpha value is -9.64. The lowest BCUT2D eigenvalue weighted by Crippen LogP contribution is -2.27. The molecule has 0 bridgehead atoms. The van der Waals surface area contributed by atoms with Gasteiger partial charge in [-0.1, -0.05) is 173 Å². The molecule has 2 aliphatic rings. The van der Waals surface area contributed by atoms with Gasteiger partial charge in [-0.2, -0.15) is 0 Å². The van der Waals surface area contributed by atoms with Gasteiger partial charge in [0.25, 0.3) is 0 Å². The summed E-state index contributed by atoms with van der Waals surface area (Å²) in [7, 11) is 0. The van der Waals surface area contributed by atoms with Gasteiger partial charge in [0.15, 0.2) is 11.2 Å². The van der Waals surface area contributed by atoms with Crippen molar-refractivity contribution in [3.63, 3.8) is 0 Å². The summed E-state index contributed by atoms with van der Waals surface area (Å²) in [5, 5.41) is 9.50. The first-order chi connectivity index (χ1) is 39.6. The van der Waals surface area contributed by atoms with Crippen molar-refractivity contribution >= 4 is 99.5 Å². The molecule has 12 aromatic carbocycles. The molecule has 0 amide bonds. The third-order valence-corrected chi connectivity index (χ3v) is 17.8. The first-order valence-electron chi connectivity index (χ1n) is 28.6. The Kier molecular flexibility index (Phi) is 10.3. The Morgan fingerprint density at radius 1 is 0.321 bits per heavy atom. The molecule has 14 aromatic rings. The number of anilines is 6. The van der Waals surface area contributed by atoms with Crippen LogP contribution in [0.25, 0.3) is 87.7 Å². The van der Waals surface area contributed by atoms with Crippen LogP contribution >= 0.6 is 0 Å². The van der Waals surface area contributed by atoms with Crippen LogP contribution in [0.2, 0.25) is 0 Å². The average Bonchev–Trinajstić information content (AvgIpc) is 1.68. The molecule has 4 nitrogen and oxygen atoms in total. The highest BCUT2D eigenvalue weighted by molar-refractivity contribution is 6.15. The molecule has 4 heteroatoms. The first-order valence-corrected chi connectivity index (χ1v) is 28.6. The highest BCUT2D eigenvalue weighted by Crippen LogP contribution is 2.67. The maximum atomic E-state index is 6.82. The van der Waals surface area contributed by atoms with Gasteiger partial charge in [0.1, 0.15) is 11.2 Å². The van der Waals surface area contributed by atoms with E-state index in [1.54, 1.807) is 0 Å². The van der Waals surface area contributed by atoms with Crippen LogP contribution in [-0.2, 0) is 5.41 Å². The molecule has 0 unspecified atom stereocenters. The Morgan fingerprint density at radius 2 is 0.716 bits per heavy atom. The lowest BCUT2D eigenvalue weighted by Gasteiger charge is -2.34. The van der Waals surface area contributed by atoms with E-state index in [-0.39, 0.29) is 11.8 Å². The molecule has 0 N–H and O–H groups in total. The summed E-state index contributed by atoms with van der Waals surface area (Å²) in [5.74, 6) is 0.442. The van der Waals surface area contributed by atoms with E-state index in [1.165, 1.54) is 88.3 Å². The number of nitrogens with zero attached hydrogens (tertiary/aromatic N) is 2. The molecule has 2 heterocycles. The molecular weight excluding hydrogens is 985 g/mol. The molecule has 16 rings (SSSR count). The maximum Gasteiger partial charge on any atom is 0.159 e. The van der Waals surface area contributed by atoms with Gasteiger partial charge in [0.2, 0.25) is 0 Å². The van der Waals surface area contributed by atoms with Crippen molar-refractivity contribution in [1.29, 1.82) is 0 Å². The predicted molar refractivity (Wildman–Crippen MR) is 339 cm³/mol. The standard InChI is InChI=1S/C77H58N2O2/c1-45(2)61-43-65-66-44-62(46(3)4)64-42-52(79(50-22-16-20-48(6)40-50)70-32-18-28-60-56-26-10-14-34-72(56)81-76(60)70)36-38-58(64)74(66)77(67-29-11-7-23-53(67)54-24-8-12-30-68(54)77)73(65)57-37-35-51(41-63(57)61)78(49-21-15-19-47(5)39-49)69-31-17-27-59-55-25-9-13-33-71(55)80-75(59)69/h7-46H,1-6H3. The van der Waals surface area contributed by atoms with Crippen molar-refractivity contribution in [2.75, 3.05) is 9.80 Å². The molecule has 0 fully saturated rings. The van der Waals surface area contributed by atoms with Crippen LogP contribution in [0.1, 0.15) is 84.0 Å². The fourth-order valence-electron chi connectivity index (χ4n) is 14.4. The minimum atomic E-state index is -0.644. The van der Waals surface area contributed by atoms with Crippen LogP contribution in [0.15, 0.2) is 239 Å². The van der Waals surface area contributed by atoms with E-state index in [9.17, 15) is 0 Å². The molecule has 0 saturated carbocycles. The number of benzene rings is 12. The van der Waals surface area contributed by atoms with Crippen LogP contribution in [0, 0.1) is 13.8 Å². The third kappa shape index (κ3) is 6.77. The first kappa shape index (κ1) is 47.4. The molecule has 0 aliphatic heterocycles. The van der Waals surface area contributed by atoms with Crippen molar-refractivity contribution < 1.29 is 8.83 Å². The molecule has 0 atom stereocenters. The summed E-state index contributed by atoms with van der Waals surface area (Å²) in [6, 6.07) is 85.9. The summed E-state index contributed by atoms with van der Waals surface area (Å²) in [4.78, 5) is 4.82.